The van der Waals surface area contributed by atoms with Crippen molar-refractivity contribution in [2.24, 2.45) is 35.5 Å². The Labute approximate surface area is 510 Å². The highest BCUT2D eigenvalue weighted by Crippen LogP contribution is 2.36. The van der Waals surface area contributed by atoms with Gasteiger partial charge < -0.3 is 19.4 Å². The van der Waals surface area contributed by atoms with Crippen LogP contribution in [-0.4, -0.2) is 130 Å². The molecule has 86 heavy (non-hydrogen) atoms. The Kier molecular flexibility index (Phi) is 26.5. The van der Waals surface area contributed by atoms with Crippen molar-refractivity contribution in [1.82, 2.24) is 19.7 Å². The lowest BCUT2D eigenvalue weighted by Gasteiger charge is -2.29. The highest BCUT2D eigenvalue weighted by Gasteiger charge is 2.41. The lowest BCUT2D eigenvalue weighted by molar-refractivity contribution is -0.157. The van der Waals surface area contributed by atoms with Gasteiger partial charge in [-0.1, -0.05) is 92.9 Å². The number of amides is 2. The molecule has 2 unspecified atom stereocenters. The number of allylic oxidation sites excluding steroid dienone is 2. The van der Waals surface area contributed by atoms with Crippen LogP contribution in [0.4, 0.5) is 0 Å². The van der Waals surface area contributed by atoms with Crippen LogP contribution in [0.3, 0.4) is 0 Å². The number of pyridine rings is 1. The Morgan fingerprint density at radius 1 is 0.663 bits per heavy atom. The predicted molar refractivity (Wildman–Crippen MR) is 330 cm³/mol. The number of carbonyl (C=O) groups is 10. The van der Waals surface area contributed by atoms with Crippen LogP contribution in [0.5, 0.6) is 0 Å². The summed E-state index contributed by atoms with van der Waals surface area (Å²) in [6, 6.07) is 22.1. The molecule has 0 spiro atoms. The van der Waals surface area contributed by atoms with Crippen LogP contribution < -0.4 is 0 Å². The fourth-order valence-corrected chi connectivity index (χ4v) is 13.5. The van der Waals surface area contributed by atoms with Gasteiger partial charge in [0.15, 0.2) is 18.2 Å². The molecule has 2 aromatic carbocycles. The molecule has 0 N–H and O–H groups in total. The van der Waals surface area contributed by atoms with Crippen LogP contribution in [0.15, 0.2) is 85.1 Å². The maximum Gasteiger partial charge on any atom is 0.310 e. The Bertz CT molecular complexity index is 2850. The molecule has 15 nitrogen and oxygen atoms in total. The minimum atomic E-state index is -1.18. The highest BCUT2D eigenvalue weighted by atomic mass is 16.5. The number of esters is 1. The number of likely N-dealkylation sites (tertiary alicyclic amines) is 1. The number of unbranched alkanes of at least 4 members (excludes halogenated alkanes) is 3. The molecule has 3 aromatic rings. The molecule has 4 aliphatic rings. The third-order valence-corrected chi connectivity index (χ3v) is 18.6. The fraction of sp³-hybridized carbons (Fsp3) is 0.592. The van der Waals surface area contributed by atoms with Crippen molar-refractivity contribution in [3.05, 3.63) is 107 Å². The van der Waals surface area contributed by atoms with Gasteiger partial charge in [-0.05, 0) is 165 Å². The summed E-state index contributed by atoms with van der Waals surface area (Å²) in [7, 11) is 3.93. The molecule has 1 aromatic heterocycles. The maximum atomic E-state index is 15.1. The zero-order valence-corrected chi connectivity index (χ0v) is 51.7. The fourth-order valence-electron chi connectivity index (χ4n) is 13.5. The lowest BCUT2D eigenvalue weighted by atomic mass is 9.80. The SMILES string of the molecule is CC(=O)[C@@H]1CCCN1C(=O)[C@@H]1CC(=O)CC(CCCc2ccccn2)C(=O)C[C@@H](CCCCN(C)C)C(=O)C[C@@H](CC2=CCc3ccccc32)C(=O)OCC(=O)N2CCC[C@H]2C(=O)C[C@@H](CCCCCC(=O)C(C)CCCc2ccccc2)C(=O)C1. The van der Waals surface area contributed by atoms with Crippen LogP contribution in [-0.2, 0) is 71.9 Å². The van der Waals surface area contributed by atoms with Crippen LogP contribution in [0.1, 0.15) is 184 Å². The zero-order valence-electron chi connectivity index (χ0n) is 51.7. The molecule has 3 saturated heterocycles. The molecular formula is C71H94N4O11. The van der Waals surface area contributed by atoms with E-state index < -0.39 is 71.8 Å². The normalized spacial score (nSPS) is 23.6. The number of rotatable bonds is 24. The van der Waals surface area contributed by atoms with Crippen molar-refractivity contribution < 1.29 is 52.7 Å². The summed E-state index contributed by atoms with van der Waals surface area (Å²) in [6.45, 7) is 4.01. The number of cyclic esters (lactones) is 1. The number of hydrogen-bond acceptors (Lipinski definition) is 13. The van der Waals surface area contributed by atoms with Gasteiger partial charge in [-0.3, -0.25) is 52.9 Å². The highest BCUT2D eigenvalue weighted by molar-refractivity contribution is 5.99. The van der Waals surface area contributed by atoms with E-state index in [0.717, 1.165) is 54.6 Å². The molecule has 2 amide bonds. The monoisotopic (exact) mass is 1180 g/mol. The Morgan fingerprint density at radius 3 is 2.06 bits per heavy atom. The number of ketones is 7. The van der Waals surface area contributed by atoms with Crippen molar-refractivity contribution in [2.45, 2.75) is 193 Å². The van der Waals surface area contributed by atoms with Gasteiger partial charge in [0.25, 0.3) is 5.91 Å². The first-order chi connectivity index (χ1) is 41.4. The third kappa shape index (κ3) is 20.2. The van der Waals surface area contributed by atoms with E-state index in [1.54, 1.807) is 6.20 Å². The molecule has 464 valence electrons. The molecule has 8 atom stereocenters. The van der Waals surface area contributed by atoms with E-state index in [1.807, 2.05) is 92.7 Å². The minimum absolute atomic E-state index is 0.100. The summed E-state index contributed by atoms with van der Waals surface area (Å²) in [5, 5.41) is 0. The summed E-state index contributed by atoms with van der Waals surface area (Å²) in [6.07, 6.45) is 12.8. The van der Waals surface area contributed by atoms with Crippen molar-refractivity contribution in [1.29, 1.82) is 0 Å². The number of hydrogen-bond donors (Lipinski definition) is 0. The zero-order chi connectivity index (χ0) is 61.5. The van der Waals surface area contributed by atoms with Crippen LogP contribution in [0, 0.1) is 35.5 Å². The van der Waals surface area contributed by atoms with Crippen molar-refractivity contribution in [2.75, 3.05) is 40.3 Å². The Balaban J connectivity index is 1.17. The summed E-state index contributed by atoms with van der Waals surface area (Å²) in [5.41, 5.74) is 4.99. The number of Topliss-reactive ketones (excluding diaryl/α,β-unsaturated/α-hetero) is 7. The van der Waals surface area contributed by atoms with E-state index >= 15 is 9.59 Å². The van der Waals surface area contributed by atoms with E-state index in [4.69, 9.17) is 4.74 Å². The second-order valence-corrected chi connectivity index (χ2v) is 25.4. The van der Waals surface area contributed by atoms with Gasteiger partial charge in [-0.25, -0.2) is 0 Å². The molecule has 4 heterocycles. The number of aromatic nitrogens is 1. The second kappa shape index (κ2) is 34.1. The topological polar surface area (TPSA) is 203 Å². The van der Waals surface area contributed by atoms with Crippen molar-refractivity contribution in [3.63, 3.8) is 0 Å². The Hall–Kier alpha value is -6.61. The number of benzene rings is 2. The van der Waals surface area contributed by atoms with E-state index in [1.165, 1.54) is 22.3 Å². The first-order valence-electron chi connectivity index (χ1n) is 32.2. The van der Waals surface area contributed by atoms with E-state index in [0.29, 0.717) is 83.5 Å². The van der Waals surface area contributed by atoms with Crippen molar-refractivity contribution >= 4 is 63.8 Å². The first kappa shape index (κ1) is 66.9. The van der Waals surface area contributed by atoms with E-state index in [2.05, 4.69) is 17.1 Å². The number of nitrogens with zero attached hydrogens (tertiary/aromatic N) is 4. The maximum absolute atomic E-state index is 15.1. The molecule has 3 aliphatic heterocycles. The number of carbonyl (C=O) groups excluding carboxylic acids is 10. The standard InChI is InChI=1S/C71H94N4O11/c1-49(21-17-24-51-22-7-5-8-23-51)64(78)34-10-6-9-26-56-45-68(82)63-33-20-39-74(63)69(83)48-86-71(85)58(41-53-36-35-52-25-11-12-31-61(52)53)47-67(81)55(27-14-16-38-73(3)4)44-65(79)54(28-18-30-59-29-13-15-37-72-59)42-60(77)43-57(46-66(56)80)70(84)75-40-19-32-62(75)50(2)76/h5,7-8,11-13,15,22-23,25,29,31,36-37,49,54-58,62-63H,6,9-10,14,16-21,24,26-28,30,32-35,38-48H2,1-4H3/t49?,54?,55-,56-,57-,58-,62+,63+/m1/s1. The molecule has 0 bridgehead atoms. The van der Waals surface area contributed by atoms with Gasteiger partial charge in [0, 0.05) is 93.6 Å². The summed E-state index contributed by atoms with van der Waals surface area (Å²) in [5.74, 6) is -8.30. The Morgan fingerprint density at radius 2 is 1.33 bits per heavy atom. The van der Waals surface area contributed by atoms with Crippen molar-refractivity contribution in [3.8, 4) is 0 Å². The molecule has 7 rings (SSSR count). The average molecular weight is 1180 g/mol. The summed E-state index contributed by atoms with van der Waals surface area (Å²) >= 11 is 0. The minimum Gasteiger partial charge on any atom is -0.455 e. The van der Waals surface area contributed by atoms with Gasteiger partial charge in [-0.2, -0.15) is 0 Å². The third-order valence-electron chi connectivity index (χ3n) is 18.6. The van der Waals surface area contributed by atoms with Crippen LogP contribution in [0.2, 0.25) is 0 Å². The van der Waals surface area contributed by atoms with Crippen LogP contribution >= 0.6 is 0 Å². The van der Waals surface area contributed by atoms with Gasteiger partial charge in [0.05, 0.1) is 23.9 Å². The van der Waals surface area contributed by atoms with Crippen LogP contribution in [0.25, 0.3) is 5.57 Å². The molecule has 0 radical (unpaired) electrons. The quantitative estimate of drug-likeness (QED) is 0.0606. The molecule has 3 fully saturated rings. The predicted octanol–water partition coefficient (Wildman–Crippen LogP) is 10.7. The number of aryl methyl sites for hydroxylation is 2. The van der Waals surface area contributed by atoms with Gasteiger partial charge in [-0.15, -0.1) is 0 Å². The molecule has 0 saturated carbocycles. The first-order valence-corrected chi connectivity index (χ1v) is 32.2. The lowest BCUT2D eigenvalue weighted by Crippen LogP contribution is -2.45. The molecule has 15 heteroatoms. The summed E-state index contributed by atoms with van der Waals surface area (Å²) < 4.78 is 5.87. The van der Waals surface area contributed by atoms with Gasteiger partial charge >= 0.3 is 5.97 Å². The smallest absolute Gasteiger partial charge is 0.310 e. The molecule has 1 aliphatic carbocycles. The van der Waals surface area contributed by atoms with Gasteiger partial charge in [0.1, 0.15) is 28.9 Å². The van der Waals surface area contributed by atoms with E-state index in [-0.39, 0.29) is 111 Å². The van der Waals surface area contributed by atoms with Gasteiger partial charge in [0.2, 0.25) is 5.91 Å². The number of ether oxygens (including phenoxy) is 1. The summed E-state index contributed by atoms with van der Waals surface area (Å²) in [4.78, 5) is 154. The second-order valence-electron chi connectivity index (χ2n) is 25.4. The number of fused-ring (bicyclic) bond motifs is 2. The average Bonchev–Trinajstić information content (AvgIpc) is 3.69. The largest absolute Gasteiger partial charge is 0.455 e. The van der Waals surface area contributed by atoms with E-state index in [9.17, 15) is 38.4 Å². The molecular weight excluding hydrogens is 1080 g/mol.